The van der Waals surface area contributed by atoms with Gasteiger partial charge in [-0.25, -0.2) is 17.9 Å². The van der Waals surface area contributed by atoms with E-state index in [0.717, 1.165) is 17.5 Å². The Balaban J connectivity index is 1.81. The molecule has 0 spiro atoms. The number of likely N-dealkylation sites (N-methyl/N-ethyl adjacent to an activating group) is 1. The summed E-state index contributed by atoms with van der Waals surface area (Å²) in [6.45, 7) is 2.03. The molecule has 3 rings (SSSR count). The first kappa shape index (κ1) is 24.0. The Kier molecular flexibility index (Phi) is 7.84. The number of nitrogens with one attached hydrogen (secondary N) is 2. The number of carbonyl (C=O) groups is 2. The second-order valence-electron chi connectivity index (χ2n) is 7.56. The van der Waals surface area contributed by atoms with Crippen LogP contribution in [-0.4, -0.2) is 33.4 Å². The van der Waals surface area contributed by atoms with Gasteiger partial charge in [0.25, 0.3) is 10.0 Å². The summed E-state index contributed by atoms with van der Waals surface area (Å²) in [5, 5.41) is 2.55. The van der Waals surface area contributed by atoms with Crippen molar-refractivity contribution in [3.8, 4) is 0 Å². The van der Waals surface area contributed by atoms with E-state index in [1.165, 1.54) is 17.0 Å². The second-order valence-corrected chi connectivity index (χ2v) is 9.24. The van der Waals surface area contributed by atoms with Crippen LogP contribution in [0.2, 0.25) is 0 Å². The van der Waals surface area contributed by atoms with E-state index >= 15 is 0 Å². The van der Waals surface area contributed by atoms with Crippen molar-refractivity contribution in [3.05, 3.63) is 96.1 Å². The van der Waals surface area contributed by atoms with Crippen molar-refractivity contribution in [2.45, 2.75) is 30.7 Å². The van der Waals surface area contributed by atoms with E-state index in [0.29, 0.717) is 5.69 Å². The first-order valence-corrected chi connectivity index (χ1v) is 12.1. The van der Waals surface area contributed by atoms with Crippen LogP contribution in [-0.2, 0) is 27.7 Å². The van der Waals surface area contributed by atoms with Gasteiger partial charge in [-0.2, -0.15) is 0 Å². The molecule has 0 aliphatic heterocycles. The highest BCUT2D eigenvalue weighted by Gasteiger charge is 2.27. The highest BCUT2D eigenvalue weighted by molar-refractivity contribution is 7.90. The lowest BCUT2D eigenvalue weighted by molar-refractivity contribution is -0.120. The summed E-state index contributed by atoms with van der Waals surface area (Å²) in [5.41, 5.74) is 2.60. The number of aryl methyl sites for hydroxylation is 1. The van der Waals surface area contributed by atoms with Crippen LogP contribution in [0.15, 0.2) is 89.8 Å². The topological polar surface area (TPSA) is 95.6 Å². The van der Waals surface area contributed by atoms with E-state index in [4.69, 9.17) is 0 Å². The van der Waals surface area contributed by atoms with E-state index in [2.05, 4.69) is 5.32 Å². The minimum atomic E-state index is -4.07. The average molecular weight is 466 g/mol. The molecule has 2 N–H and O–H groups in total. The number of carbonyl (C=O) groups excluding carboxylic acids is 2. The molecule has 3 aromatic rings. The highest BCUT2D eigenvalue weighted by Crippen LogP contribution is 2.17. The van der Waals surface area contributed by atoms with Crippen LogP contribution in [0.4, 0.5) is 10.5 Å². The number of amides is 3. The Labute approximate surface area is 194 Å². The largest absolute Gasteiger partial charge is 0.329 e. The molecule has 0 bridgehead atoms. The van der Waals surface area contributed by atoms with E-state index < -0.39 is 22.1 Å². The number of hydrogen-bond donors (Lipinski definition) is 2. The number of hydrogen-bond acceptors (Lipinski definition) is 4. The molecule has 0 saturated carbocycles. The Morgan fingerprint density at radius 2 is 1.48 bits per heavy atom. The third-order valence-corrected chi connectivity index (χ3v) is 6.55. The van der Waals surface area contributed by atoms with Crippen molar-refractivity contribution in [2.24, 2.45) is 0 Å². The van der Waals surface area contributed by atoms with Crippen molar-refractivity contribution in [1.29, 1.82) is 0 Å². The summed E-state index contributed by atoms with van der Waals surface area (Å²) in [4.78, 5) is 27.4. The number of anilines is 1. The fourth-order valence-electron chi connectivity index (χ4n) is 3.36. The maximum absolute atomic E-state index is 13.4. The van der Waals surface area contributed by atoms with Gasteiger partial charge in [-0.1, -0.05) is 67.6 Å². The van der Waals surface area contributed by atoms with Gasteiger partial charge in [0.15, 0.2) is 0 Å². The van der Waals surface area contributed by atoms with Gasteiger partial charge >= 0.3 is 6.03 Å². The first-order chi connectivity index (χ1) is 15.8. The smallest absolute Gasteiger partial charge is 0.325 e. The molecule has 0 aromatic heterocycles. The van der Waals surface area contributed by atoms with Crippen LogP contribution in [0.1, 0.15) is 18.1 Å². The van der Waals surface area contributed by atoms with Crippen molar-refractivity contribution in [2.75, 3.05) is 11.9 Å². The Morgan fingerprint density at radius 3 is 2.12 bits per heavy atom. The normalized spacial score (nSPS) is 11.9. The lowest BCUT2D eigenvalue weighted by atomic mass is 10.0. The van der Waals surface area contributed by atoms with Crippen molar-refractivity contribution >= 4 is 27.6 Å². The summed E-state index contributed by atoms with van der Waals surface area (Å²) in [6.07, 6.45) is 1.03. The van der Waals surface area contributed by atoms with Crippen molar-refractivity contribution in [3.63, 3.8) is 0 Å². The molecule has 0 saturated heterocycles. The number of urea groups is 1. The number of nitrogens with zero attached hydrogens (tertiary/aromatic N) is 1. The van der Waals surface area contributed by atoms with Gasteiger partial charge in [0.1, 0.15) is 6.04 Å². The average Bonchev–Trinajstić information content (AvgIpc) is 2.83. The first-order valence-electron chi connectivity index (χ1n) is 10.6. The van der Waals surface area contributed by atoms with Crippen molar-refractivity contribution < 1.29 is 18.0 Å². The summed E-state index contributed by atoms with van der Waals surface area (Å²) in [5.74, 6) is -0.362. The lowest BCUT2D eigenvalue weighted by Gasteiger charge is -2.25. The second kappa shape index (κ2) is 10.8. The maximum atomic E-state index is 13.4. The van der Waals surface area contributed by atoms with E-state index in [1.54, 1.807) is 25.2 Å². The standard InChI is InChI=1S/C25H27N3O4S/c1-3-19-13-10-14-21(17-19)28(2)24(29)23(18-20-11-6-4-7-12-20)26-25(30)27-33(31,32)22-15-8-5-9-16-22/h4-17,23H,3,18H2,1-2H3,(H2,26,27,30)/t23-/m0/s1. The quantitative estimate of drug-likeness (QED) is 0.532. The zero-order valence-corrected chi connectivity index (χ0v) is 19.4. The van der Waals surface area contributed by atoms with Crippen LogP contribution in [0, 0.1) is 0 Å². The molecule has 0 heterocycles. The third-order valence-electron chi connectivity index (χ3n) is 5.20. The molecule has 0 fully saturated rings. The molecule has 0 aliphatic rings. The van der Waals surface area contributed by atoms with Gasteiger partial charge in [-0.15, -0.1) is 0 Å². The summed E-state index contributed by atoms with van der Waals surface area (Å²) in [7, 11) is -2.44. The molecule has 7 nitrogen and oxygen atoms in total. The molecule has 3 aromatic carbocycles. The predicted octanol–water partition coefficient (Wildman–Crippen LogP) is 3.51. The Hall–Kier alpha value is -3.65. The monoisotopic (exact) mass is 465 g/mol. The van der Waals surface area contributed by atoms with E-state index in [9.17, 15) is 18.0 Å². The lowest BCUT2D eigenvalue weighted by Crippen LogP contribution is -2.52. The van der Waals surface area contributed by atoms with Gasteiger partial charge in [0.05, 0.1) is 4.90 Å². The number of sulfonamides is 1. The summed E-state index contributed by atoms with van der Waals surface area (Å²) in [6, 6.07) is 22.4. The summed E-state index contributed by atoms with van der Waals surface area (Å²) >= 11 is 0. The minimum Gasteiger partial charge on any atom is -0.325 e. The summed E-state index contributed by atoms with van der Waals surface area (Å²) < 4.78 is 27.0. The highest BCUT2D eigenvalue weighted by atomic mass is 32.2. The maximum Gasteiger partial charge on any atom is 0.329 e. The van der Waals surface area contributed by atoms with Crippen molar-refractivity contribution in [1.82, 2.24) is 10.0 Å². The number of benzene rings is 3. The molecule has 172 valence electrons. The van der Waals surface area contributed by atoms with Gasteiger partial charge in [-0.05, 0) is 41.8 Å². The van der Waals surface area contributed by atoms with E-state index in [-0.39, 0.29) is 17.2 Å². The van der Waals surface area contributed by atoms with Crippen LogP contribution in [0.3, 0.4) is 0 Å². The molecule has 33 heavy (non-hydrogen) atoms. The molecule has 1 atom stereocenters. The fraction of sp³-hybridized carbons (Fsp3) is 0.200. The van der Waals surface area contributed by atoms with Gasteiger partial charge < -0.3 is 10.2 Å². The Morgan fingerprint density at radius 1 is 0.879 bits per heavy atom. The zero-order chi connectivity index (χ0) is 23.8. The predicted molar refractivity (Wildman–Crippen MR) is 128 cm³/mol. The molecule has 0 unspecified atom stereocenters. The molecular weight excluding hydrogens is 438 g/mol. The molecule has 8 heteroatoms. The van der Waals surface area contributed by atoms with Crippen LogP contribution in [0.5, 0.6) is 0 Å². The zero-order valence-electron chi connectivity index (χ0n) is 18.6. The molecular formula is C25H27N3O4S. The van der Waals surface area contributed by atoms with Crippen LogP contribution >= 0.6 is 0 Å². The van der Waals surface area contributed by atoms with Gasteiger partial charge in [0.2, 0.25) is 5.91 Å². The van der Waals surface area contributed by atoms with Gasteiger partial charge in [0, 0.05) is 19.2 Å². The Bertz CT molecular complexity index is 1200. The van der Waals surface area contributed by atoms with Crippen LogP contribution in [0.25, 0.3) is 0 Å². The van der Waals surface area contributed by atoms with Crippen LogP contribution < -0.4 is 14.9 Å². The third kappa shape index (κ3) is 6.43. The fourth-order valence-corrected chi connectivity index (χ4v) is 4.30. The minimum absolute atomic E-state index is 0.0421. The molecule has 0 aliphatic carbocycles. The number of rotatable bonds is 8. The van der Waals surface area contributed by atoms with Gasteiger partial charge in [-0.3, -0.25) is 4.79 Å². The molecule has 0 radical (unpaired) electrons. The SMILES string of the molecule is CCc1cccc(N(C)C(=O)[C@H](Cc2ccccc2)NC(=O)NS(=O)(=O)c2ccccc2)c1. The van der Waals surface area contributed by atoms with E-state index in [1.807, 2.05) is 66.2 Å². The molecule has 3 amide bonds.